The van der Waals surface area contributed by atoms with Crippen molar-refractivity contribution in [3.05, 3.63) is 60.1 Å². The van der Waals surface area contributed by atoms with Crippen LogP contribution in [0.3, 0.4) is 0 Å². The molecule has 120 valence electrons. The minimum atomic E-state index is 0.643. The van der Waals surface area contributed by atoms with E-state index in [2.05, 4.69) is 33.1 Å². The molecule has 4 nitrogen and oxygen atoms in total. The monoisotopic (exact) mass is 309 g/mol. The maximum atomic E-state index is 5.34. The standard InChI is InChI=1S/C19H23N3O/c1-23-19-17(5-4-12-21-19)15-22-13-9-16(10-14-22)7-8-18-6-2-3-11-20-18/h2-8,11-12,16H,9-10,13-15H2,1H3/b8-7+. The summed E-state index contributed by atoms with van der Waals surface area (Å²) in [6.07, 6.45) is 10.4. The Morgan fingerprint density at radius 1 is 1.13 bits per heavy atom. The molecule has 1 aliphatic heterocycles. The van der Waals surface area contributed by atoms with Gasteiger partial charge in [0.1, 0.15) is 0 Å². The lowest BCUT2D eigenvalue weighted by Crippen LogP contribution is -2.32. The van der Waals surface area contributed by atoms with E-state index in [1.165, 1.54) is 12.8 Å². The van der Waals surface area contributed by atoms with Crippen LogP contribution in [0.1, 0.15) is 24.1 Å². The van der Waals surface area contributed by atoms with Crippen LogP contribution in [0.4, 0.5) is 0 Å². The van der Waals surface area contributed by atoms with Gasteiger partial charge in [-0.15, -0.1) is 0 Å². The first-order valence-electron chi connectivity index (χ1n) is 8.14. The smallest absolute Gasteiger partial charge is 0.217 e. The van der Waals surface area contributed by atoms with Gasteiger partial charge in [0.05, 0.1) is 12.8 Å². The molecule has 0 amide bonds. The molecule has 1 aliphatic rings. The van der Waals surface area contributed by atoms with E-state index in [1.807, 2.05) is 30.5 Å². The molecule has 0 unspecified atom stereocenters. The van der Waals surface area contributed by atoms with Gasteiger partial charge in [-0.05, 0) is 56.1 Å². The zero-order valence-electron chi connectivity index (χ0n) is 13.6. The number of hydrogen-bond acceptors (Lipinski definition) is 4. The fourth-order valence-corrected chi connectivity index (χ4v) is 2.98. The van der Waals surface area contributed by atoms with Crippen molar-refractivity contribution in [3.8, 4) is 5.88 Å². The predicted molar refractivity (Wildman–Crippen MR) is 92.1 cm³/mol. The molecule has 1 saturated heterocycles. The van der Waals surface area contributed by atoms with Gasteiger partial charge in [-0.25, -0.2) is 4.98 Å². The molecule has 2 aromatic rings. The molecule has 0 spiro atoms. The number of ether oxygens (including phenoxy) is 1. The number of pyridine rings is 2. The van der Waals surface area contributed by atoms with Crippen LogP contribution in [0.25, 0.3) is 6.08 Å². The Balaban J connectivity index is 1.51. The number of aromatic nitrogens is 2. The fourth-order valence-electron chi connectivity index (χ4n) is 2.98. The Labute approximate surface area is 137 Å². The normalized spacial score (nSPS) is 16.7. The molecule has 0 saturated carbocycles. The first kappa shape index (κ1) is 15.7. The molecule has 2 aromatic heterocycles. The van der Waals surface area contributed by atoms with Crippen molar-refractivity contribution < 1.29 is 4.74 Å². The highest BCUT2D eigenvalue weighted by Crippen LogP contribution is 2.23. The van der Waals surface area contributed by atoms with Crippen LogP contribution in [-0.4, -0.2) is 35.1 Å². The van der Waals surface area contributed by atoms with Crippen molar-refractivity contribution in [2.75, 3.05) is 20.2 Å². The number of rotatable bonds is 5. The zero-order valence-corrected chi connectivity index (χ0v) is 13.6. The molecular weight excluding hydrogens is 286 g/mol. The lowest BCUT2D eigenvalue weighted by molar-refractivity contribution is 0.193. The van der Waals surface area contributed by atoms with E-state index in [0.717, 1.165) is 36.8 Å². The van der Waals surface area contributed by atoms with E-state index in [-0.39, 0.29) is 0 Å². The van der Waals surface area contributed by atoms with Crippen molar-refractivity contribution in [2.24, 2.45) is 5.92 Å². The molecule has 0 atom stereocenters. The molecule has 0 bridgehead atoms. The van der Waals surface area contributed by atoms with E-state index in [9.17, 15) is 0 Å². The van der Waals surface area contributed by atoms with Gasteiger partial charge in [0, 0.05) is 24.5 Å². The largest absolute Gasteiger partial charge is 0.481 e. The summed E-state index contributed by atoms with van der Waals surface area (Å²) in [6, 6.07) is 10.1. The van der Waals surface area contributed by atoms with Gasteiger partial charge >= 0.3 is 0 Å². The number of piperidine rings is 1. The summed E-state index contributed by atoms with van der Waals surface area (Å²) in [6.45, 7) is 3.12. The third-order valence-corrected chi connectivity index (χ3v) is 4.30. The van der Waals surface area contributed by atoms with E-state index < -0.39 is 0 Å². The average molecular weight is 309 g/mol. The summed E-state index contributed by atoms with van der Waals surface area (Å²) in [4.78, 5) is 11.1. The van der Waals surface area contributed by atoms with E-state index >= 15 is 0 Å². The molecule has 3 heterocycles. The topological polar surface area (TPSA) is 38.2 Å². The Kier molecular flexibility index (Phi) is 5.37. The molecule has 4 heteroatoms. The second-order valence-electron chi connectivity index (χ2n) is 5.90. The lowest BCUT2D eigenvalue weighted by atomic mass is 9.96. The van der Waals surface area contributed by atoms with Gasteiger partial charge in [-0.1, -0.05) is 18.2 Å². The van der Waals surface area contributed by atoms with Crippen LogP contribution in [0.15, 0.2) is 48.8 Å². The third kappa shape index (κ3) is 4.39. The Morgan fingerprint density at radius 2 is 1.96 bits per heavy atom. The summed E-state index contributed by atoms with van der Waals surface area (Å²) in [7, 11) is 1.68. The third-order valence-electron chi connectivity index (χ3n) is 4.30. The van der Waals surface area contributed by atoms with Crippen LogP contribution in [0.5, 0.6) is 5.88 Å². The van der Waals surface area contributed by atoms with Crippen molar-refractivity contribution >= 4 is 6.08 Å². The number of allylic oxidation sites excluding steroid dienone is 1. The number of likely N-dealkylation sites (tertiary alicyclic amines) is 1. The number of methoxy groups -OCH3 is 1. The van der Waals surface area contributed by atoms with E-state index in [0.29, 0.717) is 5.92 Å². The molecule has 1 fully saturated rings. The maximum absolute atomic E-state index is 5.34. The van der Waals surface area contributed by atoms with Crippen LogP contribution in [0.2, 0.25) is 0 Å². The highest BCUT2D eigenvalue weighted by atomic mass is 16.5. The van der Waals surface area contributed by atoms with Gasteiger partial charge in [0.2, 0.25) is 5.88 Å². The van der Waals surface area contributed by atoms with Gasteiger partial charge < -0.3 is 4.74 Å². The second-order valence-corrected chi connectivity index (χ2v) is 5.90. The fraction of sp³-hybridized carbons (Fsp3) is 0.368. The summed E-state index contributed by atoms with van der Waals surface area (Å²) in [5, 5.41) is 0. The minimum Gasteiger partial charge on any atom is -0.481 e. The number of nitrogens with zero attached hydrogens (tertiary/aromatic N) is 3. The van der Waals surface area contributed by atoms with E-state index in [4.69, 9.17) is 4.74 Å². The quantitative estimate of drug-likeness (QED) is 0.848. The highest BCUT2D eigenvalue weighted by molar-refractivity contribution is 5.44. The maximum Gasteiger partial charge on any atom is 0.217 e. The Hall–Kier alpha value is -2.20. The summed E-state index contributed by atoms with van der Waals surface area (Å²) in [5.74, 6) is 1.38. The molecule has 0 aliphatic carbocycles. The first-order chi connectivity index (χ1) is 11.3. The molecule has 0 aromatic carbocycles. The molecule has 0 radical (unpaired) electrons. The first-order valence-corrected chi connectivity index (χ1v) is 8.14. The molecule has 23 heavy (non-hydrogen) atoms. The van der Waals surface area contributed by atoms with Crippen molar-refractivity contribution in [1.82, 2.24) is 14.9 Å². The highest BCUT2D eigenvalue weighted by Gasteiger charge is 2.18. The molecule has 3 rings (SSSR count). The SMILES string of the molecule is COc1ncccc1CN1CCC(/C=C/c2ccccn2)CC1. The van der Waals surface area contributed by atoms with Crippen molar-refractivity contribution in [1.29, 1.82) is 0 Å². The Bertz CT molecular complexity index is 634. The van der Waals surface area contributed by atoms with Gasteiger partial charge in [-0.3, -0.25) is 9.88 Å². The summed E-state index contributed by atoms with van der Waals surface area (Å²) < 4.78 is 5.34. The average Bonchev–Trinajstić information content (AvgIpc) is 2.62. The van der Waals surface area contributed by atoms with E-state index in [1.54, 1.807) is 13.3 Å². The second kappa shape index (κ2) is 7.88. The lowest BCUT2D eigenvalue weighted by Gasteiger charge is -2.30. The molecular formula is C19H23N3O. The Morgan fingerprint density at radius 3 is 2.70 bits per heavy atom. The van der Waals surface area contributed by atoms with Crippen molar-refractivity contribution in [2.45, 2.75) is 19.4 Å². The summed E-state index contributed by atoms with van der Waals surface area (Å²) in [5.41, 5.74) is 2.20. The van der Waals surface area contributed by atoms with Gasteiger partial charge in [-0.2, -0.15) is 0 Å². The van der Waals surface area contributed by atoms with Crippen LogP contribution < -0.4 is 4.74 Å². The number of hydrogen-bond donors (Lipinski definition) is 0. The van der Waals surface area contributed by atoms with Gasteiger partial charge in [0.15, 0.2) is 0 Å². The van der Waals surface area contributed by atoms with Crippen LogP contribution >= 0.6 is 0 Å². The minimum absolute atomic E-state index is 0.643. The van der Waals surface area contributed by atoms with Gasteiger partial charge in [0.25, 0.3) is 0 Å². The predicted octanol–water partition coefficient (Wildman–Crippen LogP) is 3.41. The van der Waals surface area contributed by atoms with Crippen LogP contribution in [-0.2, 0) is 6.54 Å². The van der Waals surface area contributed by atoms with Crippen molar-refractivity contribution in [3.63, 3.8) is 0 Å². The summed E-state index contributed by atoms with van der Waals surface area (Å²) >= 11 is 0. The molecule has 0 N–H and O–H groups in total. The van der Waals surface area contributed by atoms with Crippen LogP contribution in [0, 0.1) is 5.92 Å². The zero-order chi connectivity index (χ0) is 15.9.